The van der Waals surface area contributed by atoms with Gasteiger partial charge >= 0.3 is 0 Å². The maximum Gasteiger partial charge on any atom is 0.161 e. The third-order valence-electron chi connectivity index (χ3n) is 4.29. The van der Waals surface area contributed by atoms with Crippen molar-refractivity contribution in [2.24, 2.45) is 0 Å². The fourth-order valence-electron chi connectivity index (χ4n) is 3.10. The third kappa shape index (κ3) is 3.70. The summed E-state index contributed by atoms with van der Waals surface area (Å²) in [5.74, 6) is 2.74. The van der Waals surface area contributed by atoms with Crippen LogP contribution >= 0.6 is 0 Å². The SMILES string of the molecule is CCCOc1cc(CNC2CCCc3occc32)ccc1OC. The third-order valence-corrected chi connectivity index (χ3v) is 4.29. The number of hydrogen-bond donors (Lipinski definition) is 1. The number of aryl methyl sites for hydroxylation is 1. The molecule has 3 rings (SSSR count). The number of nitrogens with one attached hydrogen (secondary N) is 1. The van der Waals surface area contributed by atoms with Gasteiger partial charge in [-0.1, -0.05) is 13.0 Å². The number of hydrogen-bond acceptors (Lipinski definition) is 4. The summed E-state index contributed by atoms with van der Waals surface area (Å²) in [5.41, 5.74) is 2.51. The number of furan rings is 1. The predicted molar refractivity (Wildman–Crippen MR) is 90.0 cm³/mol. The molecule has 0 saturated carbocycles. The highest BCUT2D eigenvalue weighted by atomic mass is 16.5. The Balaban J connectivity index is 1.67. The highest BCUT2D eigenvalue weighted by Gasteiger charge is 2.22. The molecule has 0 amide bonds. The lowest BCUT2D eigenvalue weighted by molar-refractivity contribution is 0.294. The van der Waals surface area contributed by atoms with Gasteiger partial charge in [-0.3, -0.25) is 0 Å². The number of fused-ring (bicyclic) bond motifs is 1. The zero-order valence-electron chi connectivity index (χ0n) is 13.9. The van der Waals surface area contributed by atoms with E-state index in [-0.39, 0.29) is 0 Å². The standard InChI is InChI=1S/C19H25NO3/c1-3-10-22-19-12-14(7-8-18(19)21-2)13-20-16-5-4-6-17-15(16)9-11-23-17/h7-9,11-12,16,20H,3-6,10,13H2,1-2H3. The van der Waals surface area contributed by atoms with Gasteiger partial charge in [0.2, 0.25) is 0 Å². The Hall–Kier alpha value is -1.94. The predicted octanol–water partition coefficient (Wildman–Crippen LogP) is 4.24. The van der Waals surface area contributed by atoms with Gasteiger partial charge in [0.1, 0.15) is 5.76 Å². The molecule has 23 heavy (non-hydrogen) atoms. The fourth-order valence-corrected chi connectivity index (χ4v) is 3.10. The second-order valence-electron chi connectivity index (χ2n) is 5.96. The van der Waals surface area contributed by atoms with Crippen LogP contribution in [0.3, 0.4) is 0 Å². The van der Waals surface area contributed by atoms with E-state index >= 15 is 0 Å². The van der Waals surface area contributed by atoms with Gasteiger partial charge in [-0.05, 0) is 43.0 Å². The van der Waals surface area contributed by atoms with Crippen molar-refractivity contribution in [1.82, 2.24) is 5.32 Å². The molecule has 4 heteroatoms. The molecule has 0 fully saturated rings. The van der Waals surface area contributed by atoms with E-state index < -0.39 is 0 Å². The van der Waals surface area contributed by atoms with Crippen LogP contribution in [0.1, 0.15) is 49.1 Å². The first kappa shape index (κ1) is 15.9. The second-order valence-corrected chi connectivity index (χ2v) is 5.96. The highest BCUT2D eigenvalue weighted by molar-refractivity contribution is 5.43. The molecule has 1 aliphatic rings. The van der Waals surface area contributed by atoms with Crippen molar-refractivity contribution < 1.29 is 13.9 Å². The van der Waals surface area contributed by atoms with Crippen LogP contribution in [0.5, 0.6) is 11.5 Å². The Morgan fingerprint density at radius 2 is 2.17 bits per heavy atom. The molecule has 1 atom stereocenters. The topological polar surface area (TPSA) is 43.6 Å². The quantitative estimate of drug-likeness (QED) is 0.830. The second kappa shape index (κ2) is 7.55. The fraction of sp³-hybridized carbons (Fsp3) is 0.474. The maximum absolute atomic E-state index is 5.79. The van der Waals surface area contributed by atoms with Crippen molar-refractivity contribution in [2.45, 2.75) is 45.2 Å². The van der Waals surface area contributed by atoms with E-state index in [9.17, 15) is 0 Å². The molecule has 1 aliphatic carbocycles. The van der Waals surface area contributed by atoms with E-state index in [0.717, 1.165) is 43.1 Å². The van der Waals surface area contributed by atoms with Crippen LogP contribution in [0.25, 0.3) is 0 Å². The molecule has 0 bridgehead atoms. The molecule has 1 aromatic heterocycles. The van der Waals surface area contributed by atoms with E-state index in [0.29, 0.717) is 12.6 Å². The van der Waals surface area contributed by atoms with Gasteiger partial charge in [-0.2, -0.15) is 0 Å². The lowest BCUT2D eigenvalue weighted by atomic mass is 9.93. The van der Waals surface area contributed by atoms with Crippen LogP contribution in [-0.4, -0.2) is 13.7 Å². The first-order chi connectivity index (χ1) is 11.3. The Kier molecular flexibility index (Phi) is 5.23. The van der Waals surface area contributed by atoms with E-state index in [1.807, 2.05) is 6.07 Å². The molecule has 0 radical (unpaired) electrons. The summed E-state index contributed by atoms with van der Waals surface area (Å²) < 4.78 is 16.7. The van der Waals surface area contributed by atoms with Crippen LogP contribution in [0.2, 0.25) is 0 Å². The van der Waals surface area contributed by atoms with Gasteiger partial charge in [0.15, 0.2) is 11.5 Å². The molecule has 0 saturated heterocycles. The normalized spacial score (nSPS) is 16.9. The van der Waals surface area contributed by atoms with E-state index in [4.69, 9.17) is 13.9 Å². The molecule has 4 nitrogen and oxygen atoms in total. The summed E-state index contributed by atoms with van der Waals surface area (Å²) in [5, 5.41) is 3.64. The summed E-state index contributed by atoms with van der Waals surface area (Å²) >= 11 is 0. The summed E-state index contributed by atoms with van der Waals surface area (Å²) in [4.78, 5) is 0. The van der Waals surface area contributed by atoms with Gasteiger partial charge in [-0.15, -0.1) is 0 Å². The average molecular weight is 315 g/mol. The Labute approximate surface area is 137 Å². The lowest BCUT2D eigenvalue weighted by Crippen LogP contribution is -2.24. The van der Waals surface area contributed by atoms with E-state index in [1.54, 1.807) is 13.4 Å². The summed E-state index contributed by atoms with van der Waals surface area (Å²) in [6.07, 6.45) is 6.16. The molecule has 1 heterocycles. The van der Waals surface area contributed by atoms with Crippen molar-refractivity contribution >= 4 is 0 Å². The van der Waals surface area contributed by atoms with Crippen LogP contribution in [0, 0.1) is 0 Å². The summed E-state index contributed by atoms with van der Waals surface area (Å²) in [7, 11) is 1.68. The van der Waals surface area contributed by atoms with Crippen LogP contribution in [0.15, 0.2) is 34.9 Å². The molecule has 2 aromatic rings. The monoisotopic (exact) mass is 315 g/mol. The van der Waals surface area contributed by atoms with Crippen molar-refractivity contribution in [2.75, 3.05) is 13.7 Å². The summed E-state index contributed by atoms with van der Waals surface area (Å²) in [6, 6.07) is 8.60. The van der Waals surface area contributed by atoms with E-state index in [2.05, 4.69) is 30.4 Å². The van der Waals surface area contributed by atoms with Crippen molar-refractivity contribution in [3.63, 3.8) is 0 Å². The molecule has 0 aliphatic heterocycles. The van der Waals surface area contributed by atoms with Crippen LogP contribution in [0.4, 0.5) is 0 Å². The minimum Gasteiger partial charge on any atom is -0.493 e. The average Bonchev–Trinajstić information content (AvgIpc) is 3.07. The molecular formula is C19H25NO3. The minimum absolute atomic E-state index is 0.375. The van der Waals surface area contributed by atoms with Crippen molar-refractivity contribution in [1.29, 1.82) is 0 Å². The maximum atomic E-state index is 5.79. The van der Waals surface area contributed by atoms with Crippen LogP contribution in [-0.2, 0) is 13.0 Å². The molecular weight excluding hydrogens is 290 g/mol. The molecule has 124 valence electrons. The minimum atomic E-state index is 0.375. The largest absolute Gasteiger partial charge is 0.493 e. The Morgan fingerprint density at radius 3 is 3.00 bits per heavy atom. The number of rotatable bonds is 7. The van der Waals surface area contributed by atoms with Crippen LogP contribution < -0.4 is 14.8 Å². The first-order valence-electron chi connectivity index (χ1n) is 8.41. The van der Waals surface area contributed by atoms with E-state index in [1.165, 1.54) is 17.5 Å². The highest BCUT2D eigenvalue weighted by Crippen LogP contribution is 2.32. The van der Waals surface area contributed by atoms with Crippen molar-refractivity contribution in [3.05, 3.63) is 47.4 Å². The molecule has 1 N–H and O–H groups in total. The van der Waals surface area contributed by atoms with Gasteiger partial charge < -0.3 is 19.2 Å². The van der Waals surface area contributed by atoms with Gasteiger partial charge in [-0.25, -0.2) is 0 Å². The van der Waals surface area contributed by atoms with Crippen molar-refractivity contribution in [3.8, 4) is 11.5 Å². The van der Waals surface area contributed by atoms with Gasteiger partial charge in [0, 0.05) is 24.6 Å². The number of benzene rings is 1. The zero-order valence-corrected chi connectivity index (χ0v) is 13.9. The lowest BCUT2D eigenvalue weighted by Gasteiger charge is -2.23. The van der Waals surface area contributed by atoms with Gasteiger partial charge in [0.25, 0.3) is 0 Å². The zero-order chi connectivity index (χ0) is 16.1. The first-order valence-corrected chi connectivity index (χ1v) is 8.41. The Morgan fingerprint density at radius 1 is 1.26 bits per heavy atom. The molecule has 1 aromatic carbocycles. The smallest absolute Gasteiger partial charge is 0.161 e. The number of ether oxygens (including phenoxy) is 2. The van der Waals surface area contributed by atoms with Gasteiger partial charge in [0.05, 0.1) is 20.0 Å². The Bertz CT molecular complexity index is 635. The summed E-state index contributed by atoms with van der Waals surface area (Å²) in [6.45, 7) is 3.61. The molecule has 1 unspecified atom stereocenters. The number of methoxy groups -OCH3 is 1. The molecule has 0 spiro atoms.